The number of oxime groups is 1. The van der Waals surface area contributed by atoms with Crippen molar-refractivity contribution in [3.05, 3.63) is 11.4 Å². The molecule has 0 unspecified atom stereocenters. The van der Waals surface area contributed by atoms with E-state index in [0.717, 1.165) is 0 Å². The summed E-state index contributed by atoms with van der Waals surface area (Å²) >= 11 is 0. The van der Waals surface area contributed by atoms with Gasteiger partial charge in [-0.1, -0.05) is 5.16 Å². The summed E-state index contributed by atoms with van der Waals surface area (Å²) < 4.78 is 0. The summed E-state index contributed by atoms with van der Waals surface area (Å²) in [5, 5.41) is 11.0. The van der Waals surface area contributed by atoms with E-state index in [-0.39, 0.29) is 0 Å². The first-order chi connectivity index (χ1) is 4.09. The maximum atomic E-state index is 8.17. The van der Waals surface area contributed by atoms with E-state index in [1.807, 2.05) is 0 Å². The average Bonchev–Trinajstić information content (AvgIpc) is 1.84. The van der Waals surface area contributed by atoms with E-state index in [0.29, 0.717) is 17.1 Å². The Labute approximate surface area is 53.8 Å². The Balaban J connectivity index is 4.40. The van der Waals surface area contributed by atoms with Gasteiger partial charge >= 0.3 is 0 Å². The third-order valence-corrected chi connectivity index (χ3v) is 0.965. The molecule has 0 aliphatic carbocycles. The molecule has 0 saturated heterocycles. The van der Waals surface area contributed by atoms with E-state index in [1.165, 1.54) is 0 Å². The van der Waals surface area contributed by atoms with Crippen LogP contribution in [0.3, 0.4) is 0 Å². The fourth-order valence-electron chi connectivity index (χ4n) is 0.339. The smallest absolute Gasteiger partial charge is 0.101 e. The average molecular weight is 129 g/mol. The zero-order valence-corrected chi connectivity index (χ0v) is 5.55. The van der Waals surface area contributed by atoms with Crippen LogP contribution in [0.1, 0.15) is 13.8 Å². The first kappa shape index (κ1) is 7.81. The van der Waals surface area contributed by atoms with Crippen molar-refractivity contribution in [3.8, 4) is 0 Å². The Kier molecular flexibility index (Phi) is 2.57. The van der Waals surface area contributed by atoms with Gasteiger partial charge in [0.1, 0.15) is 5.71 Å². The highest BCUT2D eigenvalue weighted by Crippen LogP contribution is 1.91. The van der Waals surface area contributed by atoms with Crippen LogP contribution in [-0.4, -0.2) is 10.9 Å². The molecule has 5 N–H and O–H groups in total. The van der Waals surface area contributed by atoms with Gasteiger partial charge in [-0.25, -0.2) is 0 Å². The summed E-state index contributed by atoms with van der Waals surface area (Å²) in [4.78, 5) is 0. The molecule has 0 rings (SSSR count). The van der Waals surface area contributed by atoms with E-state index in [2.05, 4.69) is 5.16 Å². The molecule has 0 heterocycles. The highest BCUT2D eigenvalue weighted by molar-refractivity contribution is 5.97. The number of hydrogen-bond acceptors (Lipinski definition) is 4. The summed E-state index contributed by atoms with van der Waals surface area (Å²) in [6, 6.07) is 0. The first-order valence-electron chi connectivity index (χ1n) is 2.50. The van der Waals surface area contributed by atoms with Crippen molar-refractivity contribution in [1.29, 1.82) is 0 Å². The molecule has 0 aromatic heterocycles. The summed E-state index contributed by atoms with van der Waals surface area (Å²) in [6.45, 7) is 3.22. The lowest BCUT2D eigenvalue weighted by Crippen LogP contribution is -2.14. The van der Waals surface area contributed by atoms with Crippen LogP contribution in [0.15, 0.2) is 16.5 Å². The SMILES string of the molecule is CC(=N/O)/C(N)=C(\C)N. The van der Waals surface area contributed by atoms with E-state index < -0.39 is 0 Å². The second kappa shape index (κ2) is 2.96. The van der Waals surface area contributed by atoms with E-state index in [9.17, 15) is 0 Å². The van der Waals surface area contributed by atoms with Gasteiger partial charge in [0, 0.05) is 5.70 Å². The van der Waals surface area contributed by atoms with Gasteiger partial charge in [-0.15, -0.1) is 0 Å². The molecule has 0 aliphatic rings. The van der Waals surface area contributed by atoms with E-state index >= 15 is 0 Å². The van der Waals surface area contributed by atoms with Crippen LogP contribution in [0.2, 0.25) is 0 Å². The molecule has 0 fully saturated rings. The van der Waals surface area contributed by atoms with Crippen LogP contribution in [0, 0.1) is 0 Å². The summed E-state index contributed by atoms with van der Waals surface area (Å²) in [7, 11) is 0. The van der Waals surface area contributed by atoms with Crippen molar-refractivity contribution in [3.63, 3.8) is 0 Å². The Morgan fingerprint density at radius 2 is 1.78 bits per heavy atom. The number of rotatable bonds is 1. The highest BCUT2D eigenvalue weighted by atomic mass is 16.4. The maximum absolute atomic E-state index is 8.17. The van der Waals surface area contributed by atoms with Gasteiger partial charge in [0.15, 0.2) is 0 Å². The zero-order chi connectivity index (χ0) is 7.44. The second-order valence-electron chi connectivity index (χ2n) is 1.78. The molecule has 0 amide bonds. The van der Waals surface area contributed by atoms with Crippen molar-refractivity contribution in [2.24, 2.45) is 16.6 Å². The monoisotopic (exact) mass is 129 g/mol. The van der Waals surface area contributed by atoms with Crippen LogP contribution >= 0.6 is 0 Å². The van der Waals surface area contributed by atoms with Gasteiger partial charge in [-0.2, -0.15) is 0 Å². The standard InChI is InChI=1S/C5H11N3O/c1-3(6)5(7)4(2)8-9/h9H,6-7H2,1-2H3/b5-3-,8-4-. The van der Waals surface area contributed by atoms with E-state index in [4.69, 9.17) is 16.7 Å². The summed E-state index contributed by atoms with van der Waals surface area (Å²) in [6.07, 6.45) is 0. The van der Waals surface area contributed by atoms with Gasteiger partial charge in [-0.05, 0) is 13.8 Å². The molecule has 0 aliphatic heterocycles. The normalized spacial score (nSPS) is 15.1. The van der Waals surface area contributed by atoms with Gasteiger partial charge in [0.2, 0.25) is 0 Å². The summed E-state index contributed by atoms with van der Waals surface area (Å²) in [5.74, 6) is 0. The van der Waals surface area contributed by atoms with Crippen LogP contribution in [0.5, 0.6) is 0 Å². The molecule has 0 atom stereocenters. The molecule has 0 bridgehead atoms. The van der Waals surface area contributed by atoms with Crippen molar-refractivity contribution in [1.82, 2.24) is 0 Å². The van der Waals surface area contributed by atoms with Gasteiger partial charge < -0.3 is 16.7 Å². The first-order valence-corrected chi connectivity index (χ1v) is 2.50. The molecule has 9 heavy (non-hydrogen) atoms. The molecule has 4 nitrogen and oxygen atoms in total. The topological polar surface area (TPSA) is 84.6 Å². The summed E-state index contributed by atoms with van der Waals surface area (Å²) in [5.41, 5.74) is 11.7. The largest absolute Gasteiger partial charge is 0.411 e. The lowest BCUT2D eigenvalue weighted by atomic mass is 10.3. The number of allylic oxidation sites excluding steroid dienone is 2. The van der Waals surface area contributed by atoms with Gasteiger partial charge in [0.25, 0.3) is 0 Å². The Morgan fingerprint density at radius 3 is 1.89 bits per heavy atom. The van der Waals surface area contributed by atoms with Crippen LogP contribution in [-0.2, 0) is 0 Å². The Morgan fingerprint density at radius 1 is 1.33 bits per heavy atom. The maximum Gasteiger partial charge on any atom is 0.101 e. The van der Waals surface area contributed by atoms with Crippen molar-refractivity contribution < 1.29 is 5.21 Å². The van der Waals surface area contributed by atoms with E-state index in [1.54, 1.807) is 13.8 Å². The number of hydrogen-bond donors (Lipinski definition) is 3. The zero-order valence-electron chi connectivity index (χ0n) is 5.55. The molecular weight excluding hydrogens is 118 g/mol. The molecule has 52 valence electrons. The molecule has 0 saturated carbocycles. The minimum absolute atomic E-state index is 0.331. The highest BCUT2D eigenvalue weighted by Gasteiger charge is 1.96. The van der Waals surface area contributed by atoms with Crippen molar-refractivity contribution in [2.75, 3.05) is 0 Å². The lowest BCUT2D eigenvalue weighted by Gasteiger charge is -1.98. The third-order valence-electron chi connectivity index (χ3n) is 0.965. The fraction of sp³-hybridized carbons (Fsp3) is 0.400. The van der Waals surface area contributed by atoms with Crippen molar-refractivity contribution >= 4 is 5.71 Å². The fourth-order valence-corrected chi connectivity index (χ4v) is 0.339. The van der Waals surface area contributed by atoms with Crippen LogP contribution in [0.25, 0.3) is 0 Å². The lowest BCUT2D eigenvalue weighted by molar-refractivity contribution is 0.319. The Hall–Kier alpha value is -1.19. The quantitative estimate of drug-likeness (QED) is 0.264. The predicted octanol–water partition coefficient (Wildman–Crippen LogP) is -0.0146. The molecular formula is C5H11N3O. The van der Waals surface area contributed by atoms with Gasteiger partial charge in [0.05, 0.1) is 5.70 Å². The Bertz CT molecular complexity index is 156. The predicted molar refractivity (Wildman–Crippen MR) is 36.0 cm³/mol. The third kappa shape index (κ3) is 2.03. The van der Waals surface area contributed by atoms with Crippen LogP contribution < -0.4 is 11.5 Å². The molecule has 0 spiro atoms. The number of nitrogens with zero attached hydrogens (tertiary/aromatic N) is 1. The van der Waals surface area contributed by atoms with Crippen LogP contribution in [0.4, 0.5) is 0 Å². The number of nitrogens with two attached hydrogens (primary N) is 2. The molecule has 0 aromatic carbocycles. The second-order valence-corrected chi connectivity index (χ2v) is 1.78. The molecule has 0 aromatic rings. The molecule has 0 radical (unpaired) electrons. The minimum Gasteiger partial charge on any atom is -0.411 e. The van der Waals surface area contributed by atoms with Crippen molar-refractivity contribution in [2.45, 2.75) is 13.8 Å². The minimum atomic E-state index is 0.331. The van der Waals surface area contributed by atoms with Gasteiger partial charge in [-0.3, -0.25) is 0 Å². The molecule has 4 heteroatoms.